The normalized spacial score (nSPS) is 23.7. The molecule has 6 heteroatoms. The van der Waals surface area contributed by atoms with E-state index in [9.17, 15) is 0 Å². The summed E-state index contributed by atoms with van der Waals surface area (Å²) >= 11 is 5.86. The lowest BCUT2D eigenvalue weighted by Gasteiger charge is -2.28. The van der Waals surface area contributed by atoms with Crippen LogP contribution >= 0.6 is 11.6 Å². The number of aromatic nitrogens is 3. The first-order valence-electron chi connectivity index (χ1n) is 6.51. The zero-order chi connectivity index (χ0) is 13.0. The molecule has 0 spiro atoms. The Bertz CT molecular complexity index is 402. The average molecular weight is 271 g/mol. The van der Waals surface area contributed by atoms with E-state index in [1.54, 1.807) is 0 Å². The van der Waals surface area contributed by atoms with E-state index in [4.69, 9.17) is 16.3 Å². The Labute approximate surface area is 112 Å². The largest absolute Gasteiger partial charge is 0.460 e. The summed E-state index contributed by atoms with van der Waals surface area (Å²) in [5.41, 5.74) is 0. The minimum atomic E-state index is 0.166. The smallest absolute Gasteiger partial charge is 0.322 e. The second-order valence-corrected chi connectivity index (χ2v) is 5.00. The van der Waals surface area contributed by atoms with Gasteiger partial charge in [0, 0.05) is 6.54 Å². The Kier molecular flexibility index (Phi) is 4.58. The van der Waals surface area contributed by atoms with Crippen molar-refractivity contribution in [1.29, 1.82) is 0 Å². The van der Waals surface area contributed by atoms with E-state index in [1.807, 2.05) is 6.92 Å². The minimum absolute atomic E-state index is 0.166. The molecule has 2 atom stereocenters. The van der Waals surface area contributed by atoms with Gasteiger partial charge in [0.15, 0.2) is 0 Å². The van der Waals surface area contributed by atoms with Crippen molar-refractivity contribution in [1.82, 2.24) is 15.0 Å². The fraction of sp³-hybridized carbons (Fsp3) is 0.750. The van der Waals surface area contributed by atoms with Crippen molar-refractivity contribution in [3.8, 4) is 6.01 Å². The van der Waals surface area contributed by atoms with Crippen LogP contribution < -0.4 is 10.1 Å². The van der Waals surface area contributed by atoms with Crippen molar-refractivity contribution in [3.05, 3.63) is 5.28 Å². The second kappa shape index (κ2) is 6.18. The molecule has 1 aliphatic carbocycles. The molecule has 1 aromatic rings. The summed E-state index contributed by atoms with van der Waals surface area (Å²) in [6.45, 7) is 4.92. The summed E-state index contributed by atoms with van der Waals surface area (Å²) in [4.78, 5) is 12.2. The topological polar surface area (TPSA) is 59.9 Å². The van der Waals surface area contributed by atoms with Crippen molar-refractivity contribution >= 4 is 17.5 Å². The van der Waals surface area contributed by atoms with E-state index in [0.717, 1.165) is 13.0 Å². The van der Waals surface area contributed by atoms with Gasteiger partial charge >= 0.3 is 6.01 Å². The first kappa shape index (κ1) is 13.3. The molecule has 0 bridgehead atoms. The first-order chi connectivity index (χ1) is 8.69. The minimum Gasteiger partial charge on any atom is -0.460 e. The Morgan fingerprint density at radius 3 is 2.78 bits per heavy atom. The van der Waals surface area contributed by atoms with Crippen LogP contribution in [0.3, 0.4) is 0 Å². The summed E-state index contributed by atoms with van der Waals surface area (Å²) in [6.07, 6.45) is 4.92. The van der Waals surface area contributed by atoms with Crippen LogP contribution in [0.4, 0.5) is 5.95 Å². The summed E-state index contributed by atoms with van der Waals surface area (Å²) in [5.74, 6) is 1.01. The van der Waals surface area contributed by atoms with Gasteiger partial charge in [0.25, 0.3) is 0 Å². The number of nitrogens with one attached hydrogen (secondary N) is 1. The molecule has 1 aliphatic rings. The highest BCUT2D eigenvalue weighted by Gasteiger charge is 2.24. The maximum Gasteiger partial charge on any atom is 0.322 e. The standard InChI is InChI=1S/C12H19ClN4O/c1-3-14-11-15-10(13)16-12(17-11)18-9-7-5-4-6-8(9)2/h8-9H,3-7H2,1-2H3,(H,14,15,16,17). The Morgan fingerprint density at radius 2 is 2.06 bits per heavy atom. The molecule has 1 saturated carbocycles. The maximum atomic E-state index is 5.86. The Morgan fingerprint density at radius 1 is 1.28 bits per heavy atom. The molecule has 0 saturated heterocycles. The van der Waals surface area contributed by atoms with Crippen molar-refractivity contribution in [3.63, 3.8) is 0 Å². The van der Waals surface area contributed by atoms with Crippen molar-refractivity contribution in [2.45, 2.75) is 45.6 Å². The van der Waals surface area contributed by atoms with E-state index >= 15 is 0 Å². The van der Waals surface area contributed by atoms with Gasteiger partial charge in [0.05, 0.1) is 0 Å². The van der Waals surface area contributed by atoms with E-state index < -0.39 is 0 Å². The molecule has 1 aromatic heterocycles. The maximum absolute atomic E-state index is 5.86. The quantitative estimate of drug-likeness (QED) is 0.912. The summed E-state index contributed by atoms with van der Waals surface area (Å²) in [5, 5.41) is 3.18. The lowest BCUT2D eigenvalue weighted by molar-refractivity contribution is 0.0922. The van der Waals surface area contributed by atoms with Gasteiger partial charge in [-0.25, -0.2) is 0 Å². The summed E-state index contributed by atoms with van der Waals surface area (Å²) in [6, 6.07) is 0.324. The molecule has 1 N–H and O–H groups in total. The fourth-order valence-corrected chi connectivity index (χ4v) is 2.37. The van der Waals surface area contributed by atoms with Crippen molar-refractivity contribution in [2.75, 3.05) is 11.9 Å². The number of ether oxygens (including phenoxy) is 1. The molecular formula is C12H19ClN4O. The molecule has 2 unspecified atom stereocenters. The number of anilines is 1. The Balaban J connectivity index is 2.07. The highest BCUT2D eigenvalue weighted by molar-refractivity contribution is 6.28. The van der Waals surface area contributed by atoms with Crippen LogP contribution in [0.2, 0.25) is 5.28 Å². The summed E-state index contributed by atoms with van der Waals surface area (Å²) in [7, 11) is 0. The average Bonchev–Trinajstić information content (AvgIpc) is 2.32. The van der Waals surface area contributed by atoms with Crippen LogP contribution in [0.15, 0.2) is 0 Å². The van der Waals surface area contributed by atoms with E-state index in [-0.39, 0.29) is 11.4 Å². The van der Waals surface area contributed by atoms with Gasteiger partial charge < -0.3 is 10.1 Å². The third-order valence-corrected chi connectivity index (χ3v) is 3.38. The van der Waals surface area contributed by atoms with Gasteiger partial charge in [0.1, 0.15) is 6.10 Å². The Hall–Kier alpha value is -1.10. The van der Waals surface area contributed by atoms with Gasteiger partial charge in [-0.2, -0.15) is 15.0 Å². The molecule has 100 valence electrons. The highest BCUT2D eigenvalue weighted by Crippen LogP contribution is 2.27. The molecule has 1 fully saturated rings. The zero-order valence-electron chi connectivity index (χ0n) is 10.8. The van der Waals surface area contributed by atoms with E-state index in [0.29, 0.717) is 17.9 Å². The third-order valence-electron chi connectivity index (χ3n) is 3.21. The number of nitrogens with zero attached hydrogens (tertiary/aromatic N) is 3. The number of hydrogen-bond donors (Lipinski definition) is 1. The zero-order valence-corrected chi connectivity index (χ0v) is 11.6. The highest BCUT2D eigenvalue weighted by atomic mass is 35.5. The molecule has 1 heterocycles. The third kappa shape index (κ3) is 3.45. The summed E-state index contributed by atoms with van der Waals surface area (Å²) < 4.78 is 5.85. The number of hydrogen-bond acceptors (Lipinski definition) is 5. The molecule has 0 radical (unpaired) electrons. The van der Waals surface area contributed by atoms with Gasteiger partial charge in [-0.05, 0) is 43.7 Å². The SMILES string of the molecule is CCNc1nc(Cl)nc(OC2CCCCC2C)n1. The van der Waals surface area contributed by atoms with Crippen LogP contribution in [0.1, 0.15) is 39.5 Å². The molecule has 2 rings (SSSR count). The van der Waals surface area contributed by atoms with Crippen molar-refractivity contribution < 1.29 is 4.74 Å². The van der Waals surface area contributed by atoms with E-state index in [1.165, 1.54) is 19.3 Å². The van der Waals surface area contributed by atoms with E-state index in [2.05, 4.69) is 27.2 Å². The molecule has 0 aromatic carbocycles. The van der Waals surface area contributed by atoms with Gasteiger partial charge in [-0.1, -0.05) is 13.3 Å². The molecule has 5 nitrogen and oxygen atoms in total. The molecule has 0 aliphatic heterocycles. The lowest BCUT2D eigenvalue weighted by atomic mass is 9.88. The predicted octanol–water partition coefficient (Wildman–Crippen LogP) is 2.91. The van der Waals surface area contributed by atoms with Crippen LogP contribution in [-0.4, -0.2) is 27.6 Å². The molecule has 0 amide bonds. The van der Waals surface area contributed by atoms with Gasteiger partial charge in [-0.3, -0.25) is 0 Å². The number of rotatable bonds is 4. The van der Waals surface area contributed by atoms with Crippen molar-refractivity contribution in [2.24, 2.45) is 5.92 Å². The monoisotopic (exact) mass is 270 g/mol. The fourth-order valence-electron chi connectivity index (χ4n) is 2.21. The van der Waals surface area contributed by atoms with Gasteiger partial charge in [0.2, 0.25) is 11.2 Å². The second-order valence-electron chi connectivity index (χ2n) is 4.66. The van der Waals surface area contributed by atoms with Gasteiger partial charge in [-0.15, -0.1) is 0 Å². The van der Waals surface area contributed by atoms with Crippen LogP contribution in [0.25, 0.3) is 0 Å². The molecular weight excluding hydrogens is 252 g/mol. The van der Waals surface area contributed by atoms with Crippen LogP contribution in [0.5, 0.6) is 6.01 Å². The molecule has 18 heavy (non-hydrogen) atoms. The first-order valence-corrected chi connectivity index (χ1v) is 6.89. The lowest BCUT2D eigenvalue weighted by Crippen LogP contribution is -2.29. The predicted molar refractivity (Wildman–Crippen MR) is 71.0 cm³/mol. The van der Waals surface area contributed by atoms with Crippen LogP contribution in [0, 0.1) is 5.92 Å². The van der Waals surface area contributed by atoms with Crippen LogP contribution in [-0.2, 0) is 0 Å². The number of halogens is 1.